The number of amides is 2. The highest BCUT2D eigenvalue weighted by molar-refractivity contribution is 5.86. The Morgan fingerprint density at radius 1 is 0.789 bits per heavy atom. The van der Waals surface area contributed by atoms with Gasteiger partial charge < -0.3 is 25.6 Å². The molecule has 0 spiro atoms. The highest BCUT2D eigenvalue weighted by Crippen LogP contribution is 2.11. The van der Waals surface area contributed by atoms with E-state index in [1.54, 1.807) is 0 Å². The molecule has 0 bridgehead atoms. The summed E-state index contributed by atoms with van der Waals surface area (Å²) in [7, 11) is 0. The van der Waals surface area contributed by atoms with Crippen molar-refractivity contribution in [2.45, 2.75) is 44.1 Å². The number of aliphatic hydroxyl groups excluding tert-OH is 1. The number of carbonyl (C=O) groups excluding carboxylic acids is 2. The van der Waals surface area contributed by atoms with E-state index >= 15 is 0 Å². The van der Waals surface area contributed by atoms with Gasteiger partial charge in [-0.1, -0.05) is 91.0 Å². The summed E-state index contributed by atoms with van der Waals surface area (Å²) in [4.78, 5) is 37.0. The van der Waals surface area contributed by atoms with E-state index in [0.29, 0.717) is 12.8 Å². The quantitative estimate of drug-likeness (QED) is 0.257. The van der Waals surface area contributed by atoms with Crippen LogP contribution >= 0.6 is 0 Å². The lowest BCUT2D eigenvalue weighted by atomic mass is 9.99. The summed E-state index contributed by atoms with van der Waals surface area (Å²) < 4.78 is 5.31. The minimum Gasteiger partial charge on any atom is -0.478 e. The molecule has 3 atom stereocenters. The van der Waals surface area contributed by atoms with Gasteiger partial charge in [-0.25, -0.2) is 9.59 Å². The molecule has 4 N–H and O–H groups in total. The number of carboxylic acid groups (broad SMARTS) is 1. The number of hydrogen-bond donors (Lipinski definition) is 4. The molecule has 0 unspecified atom stereocenters. The maximum atomic E-state index is 13.4. The van der Waals surface area contributed by atoms with Crippen LogP contribution in [-0.4, -0.2) is 46.4 Å². The van der Waals surface area contributed by atoms with Gasteiger partial charge in [0, 0.05) is 12.5 Å². The fraction of sp³-hybridized carbons (Fsp3) is 0.233. The van der Waals surface area contributed by atoms with Gasteiger partial charge in [0.15, 0.2) is 0 Å². The van der Waals surface area contributed by atoms with Crippen molar-refractivity contribution in [2.24, 2.45) is 0 Å². The van der Waals surface area contributed by atoms with Crippen LogP contribution < -0.4 is 10.6 Å². The SMILES string of the molecule is O=C(O)C=C[C@H](O)[C@H](CCc1ccccc1)NC(=O)[C@H](Cc1ccccc1)NC(=O)OCc1ccccc1. The minimum absolute atomic E-state index is 0.0464. The summed E-state index contributed by atoms with van der Waals surface area (Å²) in [6.45, 7) is 0.0464. The summed E-state index contributed by atoms with van der Waals surface area (Å²) in [5.41, 5.74) is 2.63. The third-order valence-corrected chi connectivity index (χ3v) is 5.87. The van der Waals surface area contributed by atoms with Gasteiger partial charge in [0.2, 0.25) is 5.91 Å². The lowest BCUT2D eigenvalue weighted by Crippen LogP contribution is -2.53. The smallest absolute Gasteiger partial charge is 0.408 e. The first-order valence-electron chi connectivity index (χ1n) is 12.4. The predicted molar refractivity (Wildman–Crippen MR) is 143 cm³/mol. The molecule has 0 saturated heterocycles. The number of carbonyl (C=O) groups is 3. The van der Waals surface area contributed by atoms with E-state index in [0.717, 1.165) is 28.8 Å². The summed E-state index contributed by atoms with van der Waals surface area (Å²) in [6.07, 6.45) is 1.05. The van der Waals surface area contributed by atoms with E-state index in [9.17, 15) is 19.5 Å². The standard InChI is InChI=1S/C30H32N2O6/c33-27(18-19-28(34)35)25(17-16-22-10-4-1-5-11-22)31-29(36)26(20-23-12-6-2-7-13-23)32-30(37)38-21-24-14-8-3-9-15-24/h1-15,18-19,25-27,33H,16-17,20-21H2,(H,31,36)(H,32,37)(H,34,35)/t25-,26-,27-/m0/s1. The topological polar surface area (TPSA) is 125 Å². The van der Waals surface area contributed by atoms with Crippen molar-refractivity contribution < 1.29 is 29.3 Å². The number of aliphatic hydroxyl groups is 1. The van der Waals surface area contributed by atoms with Crippen LogP contribution in [0.1, 0.15) is 23.1 Å². The van der Waals surface area contributed by atoms with Crippen LogP contribution in [0, 0.1) is 0 Å². The summed E-state index contributed by atoms with van der Waals surface area (Å²) in [6, 6.07) is 26.1. The van der Waals surface area contributed by atoms with E-state index in [-0.39, 0.29) is 13.0 Å². The van der Waals surface area contributed by atoms with Crippen LogP contribution in [0.5, 0.6) is 0 Å². The Hall–Kier alpha value is -4.43. The largest absolute Gasteiger partial charge is 0.478 e. The molecule has 3 aromatic carbocycles. The molecular formula is C30H32N2O6. The van der Waals surface area contributed by atoms with Gasteiger partial charge in [0.1, 0.15) is 12.6 Å². The first-order chi connectivity index (χ1) is 18.4. The van der Waals surface area contributed by atoms with Gasteiger partial charge in [-0.05, 0) is 35.6 Å². The fourth-order valence-electron chi connectivity index (χ4n) is 3.86. The van der Waals surface area contributed by atoms with E-state index in [4.69, 9.17) is 9.84 Å². The average molecular weight is 517 g/mol. The summed E-state index contributed by atoms with van der Waals surface area (Å²) >= 11 is 0. The Labute approximate surface area is 222 Å². The molecule has 3 aromatic rings. The van der Waals surface area contributed by atoms with E-state index in [2.05, 4.69) is 10.6 Å². The molecule has 38 heavy (non-hydrogen) atoms. The Morgan fingerprint density at radius 2 is 1.34 bits per heavy atom. The second kappa shape index (κ2) is 15.0. The lowest BCUT2D eigenvalue weighted by Gasteiger charge is -2.26. The second-order valence-corrected chi connectivity index (χ2v) is 8.78. The molecule has 8 heteroatoms. The van der Waals surface area contributed by atoms with Crippen molar-refractivity contribution in [1.29, 1.82) is 0 Å². The zero-order valence-electron chi connectivity index (χ0n) is 20.9. The first-order valence-corrected chi connectivity index (χ1v) is 12.4. The van der Waals surface area contributed by atoms with Crippen molar-refractivity contribution in [3.05, 3.63) is 120 Å². The van der Waals surface area contributed by atoms with Crippen molar-refractivity contribution in [3.63, 3.8) is 0 Å². The zero-order valence-corrected chi connectivity index (χ0v) is 20.9. The Bertz CT molecular complexity index is 1190. The number of rotatable bonds is 13. The number of carboxylic acids is 1. The van der Waals surface area contributed by atoms with Crippen LogP contribution in [0.25, 0.3) is 0 Å². The number of alkyl carbamates (subject to hydrolysis) is 1. The number of ether oxygens (including phenoxy) is 1. The normalized spacial score (nSPS) is 13.3. The Morgan fingerprint density at radius 3 is 1.92 bits per heavy atom. The van der Waals surface area contributed by atoms with E-state index in [1.807, 2.05) is 91.0 Å². The van der Waals surface area contributed by atoms with Crippen LogP contribution in [-0.2, 0) is 33.8 Å². The number of nitrogens with one attached hydrogen (secondary N) is 2. The summed E-state index contributed by atoms with van der Waals surface area (Å²) in [5.74, 6) is -1.73. The zero-order chi connectivity index (χ0) is 27.2. The van der Waals surface area contributed by atoms with Crippen LogP contribution in [0.3, 0.4) is 0 Å². The number of aliphatic carboxylic acids is 1. The molecule has 3 rings (SSSR count). The average Bonchev–Trinajstić information content (AvgIpc) is 2.94. The molecule has 0 aliphatic carbocycles. The molecule has 0 aromatic heterocycles. The lowest BCUT2D eigenvalue weighted by molar-refractivity contribution is -0.131. The monoisotopic (exact) mass is 516 g/mol. The van der Waals surface area contributed by atoms with E-state index < -0.39 is 36.2 Å². The van der Waals surface area contributed by atoms with Crippen LogP contribution in [0.15, 0.2) is 103 Å². The van der Waals surface area contributed by atoms with Gasteiger partial charge in [0.25, 0.3) is 0 Å². The maximum absolute atomic E-state index is 13.4. The maximum Gasteiger partial charge on any atom is 0.408 e. The van der Waals surface area contributed by atoms with Crippen molar-refractivity contribution in [2.75, 3.05) is 0 Å². The van der Waals surface area contributed by atoms with Crippen molar-refractivity contribution in [3.8, 4) is 0 Å². The predicted octanol–water partition coefficient (Wildman–Crippen LogP) is 3.64. The Kier molecular flexibility index (Phi) is 11.1. The number of aryl methyl sites for hydroxylation is 1. The molecule has 0 aliphatic rings. The molecule has 198 valence electrons. The third kappa shape index (κ3) is 9.91. The molecular weight excluding hydrogens is 484 g/mol. The van der Waals surface area contributed by atoms with Crippen molar-refractivity contribution >= 4 is 18.0 Å². The van der Waals surface area contributed by atoms with Gasteiger partial charge in [0.05, 0.1) is 12.1 Å². The van der Waals surface area contributed by atoms with Gasteiger partial charge >= 0.3 is 12.1 Å². The van der Waals surface area contributed by atoms with Gasteiger partial charge in [-0.15, -0.1) is 0 Å². The van der Waals surface area contributed by atoms with Crippen molar-refractivity contribution in [1.82, 2.24) is 10.6 Å². The Balaban J connectivity index is 1.72. The highest BCUT2D eigenvalue weighted by Gasteiger charge is 2.27. The minimum atomic E-state index is -1.25. The molecule has 0 radical (unpaired) electrons. The molecule has 0 aliphatic heterocycles. The van der Waals surface area contributed by atoms with Gasteiger partial charge in [-0.2, -0.15) is 0 Å². The third-order valence-electron chi connectivity index (χ3n) is 5.87. The molecule has 0 heterocycles. The molecule has 0 fully saturated rings. The fourth-order valence-corrected chi connectivity index (χ4v) is 3.86. The highest BCUT2D eigenvalue weighted by atomic mass is 16.5. The first kappa shape index (κ1) is 28.1. The van der Waals surface area contributed by atoms with E-state index in [1.165, 1.54) is 0 Å². The second-order valence-electron chi connectivity index (χ2n) is 8.78. The molecule has 8 nitrogen and oxygen atoms in total. The van der Waals surface area contributed by atoms with Gasteiger partial charge in [-0.3, -0.25) is 4.79 Å². The molecule has 2 amide bonds. The van der Waals surface area contributed by atoms with Crippen LogP contribution in [0.4, 0.5) is 4.79 Å². The number of hydrogen-bond acceptors (Lipinski definition) is 5. The molecule has 0 saturated carbocycles. The van der Waals surface area contributed by atoms with Crippen LogP contribution in [0.2, 0.25) is 0 Å². The summed E-state index contributed by atoms with van der Waals surface area (Å²) in [5, 5.41) is 25.1. The number of benzene rings is 3.